The summed E-state index contributed by atoms with van der Waals surface area (Å²) < 4.78 is 7.50. The molecular weight excluding hydrogens is 356 g/mol. The van der Waals surface area contributed by atoms with Gasteiger partial charge in [0.2, 0.25) is 0 Å². The number of ether oxygens (including phenoxy) is 1. The van der Waals surface area contributed by atoms with Gasteiger partial charge in [0, 0.05) is 13.1 Å². The third-order valence-electron chi connectivity index (χ3n) is 4.84. The topological polar surface area (TPSA) is 80.5 Å². The van der Waals surface area contributed by atoms with Crippen molar-refractivity contribution in [3.8, 4) is 0 Å². The van der Waals surface area contributed by atoms with Crippen LogP contribution < -0.4 is 0 Å². The third kappa shape index (κ3) is 4.27. The summed E-state index contributed by atoms with van der Waals surface area (Å²) in [5.74, 6) is -0.188. The Balaban J connectivity index is 1.50. The van der Waals surface area contributed by atoms with Crippen LogP contribution in [0.4, 0.5) is 0 Å². The van der Waals surface area contributed by atoms with E-state index in [-0.39, 0.29) is 6.04 Å². The van der Waals surface area contributed by atoms with Crippen molar-refractivity contribution in [1.29, 1.82) is 0 Å². The second-order valence-corrected chi connectivity index (χ2v) is 6.85. The Morgan fingerprint density at radius 2 is 1.93 bits per heavy atom. The molecule has 1 N–H and O–H groups in total. The number of carboxylic acids is 1. The molecule has 1 atom stereocenters. The van der Waals surface area contributed by atoms with Crippen LogP contribution in [-0.4, -0.2) is 50.5 Å². The lowest BCUT2D eigenvalue weighted by atomic mass is 10.1. The van der Waals surface area contributed by atoms with Gasteiger partial charge in [0.1, 0.15) is 6.33 Å². The molecule has 3 aromatic rings. The lowest BCUT2D eigenvalue weighted by Crippen LogP contribution is -2.39. The average molecular weight is 378 g/mol. The highest BCUT2D eigenvalue weighted by molar-refractivity contribution is 5.87. The largest absolute Gasteiger partial charge is 0.478 e. The monoisotopic (exact) mass is 378 g/mol. The zero-order valence-corrected chi connectivity index (χ0v) is 15.4. The van der Waals surface area contributed by atoms with Gasteiger partial charge < -0.3 is 9.84 Å². The third-order valence-corrected chi connectivity index (χ3v) is 4.84. The summed E-state index contributed by atoms with van der Waals surface area (Å²) in [6.45, 7) is 3.20. The molecule has 7 heteroatoms. The van der Waals surface area contributed by atoms with Crippen LogP contribution in [0.5, 0.6) is 0 Å². The van der Waals surface area contributed by atoms with Crippen molar-refractivity contribution in [2.75, 3.05) is 19.8 Å². The molecule has 1 unspecified atom stereocenters. The van der Waals surface area contributed by atoms with Gasteiger partial charge in [-0.05, 0) is 23.3 Å². The maximum atomic E-state index is 11.2. The molecule has 1 aliphatic rings. The van der Waals surface area contributed by atoms with E-state index in [9.17, 15) is 9.90 Å². The highest BCUT2D eigenvalue weighted by Crippen LogP contribution is 2.24. The van der Waals surface area contributed by atoms with E-state index in [0.717, 1.165) is 17.9 Å². The predicted octanol–water partition coefficient (Wildman–Crippen LogP) is 2.60. The number of carboxylic acid groups (broad SMARTS) is 1. The maximum Gasteiger partial charge on any atom is 0.335 e. The first-order chi connectivity index (χ1) is 13.7. The fourth-order valence-electron chi connectivity index (χ4n) is 3.41. The fraction of sp³-hybridized carbons (Fsp3) is 0.286. The van der Waals surface area contributed by atoms with E-state index in [2.05, 4.69) is 27.1 Å². The minimum absolute atomic E-state index is 0.0562. The van der Waals surface area contributed by atoms with Gasteiger partial charge in [-0.2, -0.15) is 5.10 Å². The average Bonchev–Trinajstić information content (AvgIpc) is 3.17. The molecule has 2 aromatic carbocycles. The number of hydrogen-bond donors (Lipinski definition) is 1. The fourth-order valence-corrected chi connectivity index (χ4v) is 3.41. The Morgan fingerprint density at radius 3 is 2.75 bits per heavy atom. The summed E-state index contributed by atoms with van der Waals surface area (Å²) in [6.07, 6.45) is 1.75. The van der Waals surface area contributed by atoms with Crippen molar-refractivity contribution >= 4 is 5.97 Å². The number of benzene rings is 2. The lowest BCUT2D eigenvalue weighted by Gasteiger charge is -2.33. The maximum absolute atomic E-state index is 11.2. The molecule has 0 spiro atoms. The van der Waals surface area contributed by atoms with E-state index in [1.165, 1.54) is 5.56 Å². The Kier molecular flexibility index (Phi) is 5.45. The first-order valence-electron chi connectivity index (χ1n) is 9.26. The summed E-state index contributed by atoms with van der Waals surface area (Å²) in [7, 11) is 0. The molecule has 1 saturated heterocycles. The molecule has 1 aromatic heterocycles. The van der Waals surface area contributed by atoms with Gasteiger partial charge in [-0.15, -0.1) is 0 Å². The summed E-state index contributed by atoms with van der Waals surface area (Å²) in [5, 5.41) is 13.9. The summed E-state index contributed by atoms with van der Waals surface area (Å²) >= 11 is 0. The number of carbonyl (C=O) groups is 1. The molecule has 4 rings (SSSR count). The molecule has 0 saturated carbocycles. The predicted molar refractivity (Wildman–Crippen MR) is 103 cm³/mol. The van der Waals surface area contributed by atoms with Crippen LogP contribution in [0.15, 0.2) is 60.9 Å². The van der Waals surface area contributed by atoms with Gasteiger partial charge in [-0.3, -0.25) is 4.90 Å². The van der Waals surface area contributed by atoms with Gasteiger partial charge in [-0.25, -0.2) is 14.5 Å². The summed E-state index contributed by atoms with van der Waals surface area (Å²) in [4.78, 5) is 18.0. The van der Waals surface area contributed by atoms with Crippen molar-refractivity contribution in [2.24, 2.45) is 0 Å². The molecule has 1 aliphatic heterocycles. The lowest BCUT2D eigenvalue weighted by molar-refractivity contribution is -0.0159. The van der Waals surface area contributed by atoms with Crippen molar-refractivity contribution in [1.82, 2.24) is 19.7 Å². The van der Waals surface area contributed by atoms with Crippen LogP contribution in [0, 0.1) is 0 Å². The number of aromatic nitrogens is 3. The first kappa shape index (κ1) is 18.3. The van der Waals surface area contributed by atoms with Crippen molar-refractivity contribution in [2.45, 2.75) is 19.1 Å². The normalized spacial score (nSPS) is 17.5. The molecule has 0 bridgehead atoms. The molecule has 1 fully saturated rings. The first-order valence-corrected chi connectivity index (χ1v) is 9.26. The minimum Gasteiger partial charge on any atom is -0.478 e. The van der Waals surface area contributed by atoms with E-state index >= 15 is 0 Å². The molecule has 0 radical (unpaired) electrons. The van der Waals surface area contributed by atoms with Gasteiger partial charge in [0.05, 0.1) is 31.4 Å². The quantitative estimate of drug-likeness (QED) is 0.710. The second kappa shape index (κ2) is 8.33. The zero-order valence-electron chi connectivity index (χ0n) is 15.4. The Hall–Kier alpha value is -3.03. The molecule has 0 aliphatic carbocycles. The van der Waals surface area contributed by atoms with Crippen molar-refractivity contribution in [3.05, 3.63) is 83.4 Å². The smallest absolute Gasteiger partial charge is 0.335 e. The zero-order chi connectivity index (χ0) is 19.3. The van der Waals surface area contributed by atoms with Crippen LogP contribution in [-0.2, 0) is 17.8 Å². The van der Waals surface area contributed by atoms with E-state index in [1.807, 2.05) is 28.9 Å². The van der Waals surface area contributed by atoms with Gasteiger partial charge >= 0.3 is 5.97 Å². The summed E-state index contributed by atoms with van der Waals surface area (Å²) in [6, 6.07) is 17.1. The summed E-state index contributed by atoms with van der Waals surface area (Å²) in [5.41, 5.74) is 2.42. The number of hydrogen-bond acceptors (Lipinski definition) is 5. The molecule has 144 valence electrons. The molecule has 28 heavy (non-hydrogen) atoms. The van der Waals surface area contributed by atoms with Crippen molar-refractivity contribution < 1.29 is 14.6 Å². The number of morpholine rings is 1. The molecule has 0 amide bonds. The highest BCUT2D eigenvalue weighted by atomic mass is 16.5. The van der Waals surface area contributed by atoms with Crippen LogP contribution in [0.25, 0.3) is 0 Å². The Morgan fingerprint density at radius 1 is 1.11 bits per heavy atom. The minimum atomic E-state index is -0.915. The number of nitrogens with zero attached hydrogens (tertiary/aromatic N) is 4. The van der Waals surface area contributed by atoms with E-state index in [4.69, 9.17) is 4.74 Å². The van der Waals surface area contributed by atoms with Crippen LogP contribution in [0.1, 0.15) is 33.4 Å². The van der Waals surface area contributed by atoms with Crippen LogP contribution >= 0.6 is 0 Å². The highest BCUT2D eigenvalue weighted by Gasteiger charge is 2.28. The van der Waals surface area contributed by atoms with E-state index in [1.54, 1.807) is 24.5 Å². The van der Waals surface area contributed by atoms with Crippen molar-refractivity contribution in [3.63, 3.8) is 0 Å². The van der Waals surface area contributed by atoms with E-state index < -0.39 is 5.97 Å². The standard InChI is InChI=1S/C21H22N4O3/c26-21(27)18-8-4-7-17(11-18)12-24-9-10-28-14-19(24)20-22-15-25(23-20)13-16-5-2-1-3-6-16/h1-8,11,15,19H,9-10,12-14H2,(H,26,27). The van der Waals surface area contributed by atoms with Gasteiger partial charge in [-0.1, -0.05) is 42.5 Å². The number of rotatable bonds is 6. The molecular formula is C21H22N4O3. The molecule has 7 nitrogen and oxygen atoms in total. The van der Waals surface area contributed by atoms with E-state index in [0.29, 0.717) is 31.9 Å². The Labute approximate surface area is 163 Å². The SMILES string of the molecule is O=C(O)c1cccc(CN2CCOCC2c2ncn(Cc3ccccc3)n2)c1. The van der Waals surface area contributed by atoms with Crippen LogP contribution in [0.3, 0.4) is 0 Å². The van der Waals surface area contributed by atoms with Crippen LogP contribution in [0.2, 0.25) is 0 Å². The van der Waals surface area contributed by atoms with Gasteiger partial charge in [0.25, 0.3) is 0 Å². The Bertz CT molecular complexity index is 942. The second-order valence-electron chi connectivity index (χ2n) is 6.85. The van der Waals surface area contributed by atoms with Gasteiger partial charge in [0.15, 0.2) is 5.82 Å². The number of aromatic carboxylic acids is 1. The molecule has 2 heterocycles.